The maximum Gasteiger partial charge on any atom is 0.339 e. The van der Waals surface area contributed by atoms with Gasteiger partial charge in [-0.05, 0) is 36.8 Å². The summed E-state index contributed by atoms with van der Waals surface area (Å²) in [5, 5.41) is 2.75. The van der Waals surface area contributed by atoms with Crippen LogP contribution in [-0.4, -0.2) is 27.4 Å². The molecule has 2 aromatic carbocycles. The van der Waals surface area contributed by atoms with E-state index in [1.807, 2.05) is 12.1 Å². The van der Waals surface area contributed by atoms with Gasteiger partial charge in [0.25, 0.3) is 5.91 Å². The highest BCUT2D eigenvalue weighted by Crippen LogP contribution is 2.29. The highest BCUT2D eigenvalue weighted by atomic mass is 16.6. The molecule has 0 fully saturated rings. The number of anilines is 1. The van der Waals surface area contributed by atoms with E-state index in [1.54, 1.807) is 37.3 Å². The topological polar surface area (TPSA) is 104 Å². The molecular formula is C18H15N3O4. The molecule has 1 aliphatic heterocycles. The summed E-state index contributed by atoms with van der Waals surface area (Å²) in [5.74, 6) is -0.933. The second-order valence-electron chi connectivity index (χ2n) is 6.25. The van der Waals surface area contributed by atoms with Crippen LogP contribution in [0.2, 0.25) is 0 Å². The van der Waals surface area contributed by atoms with Crippen molar-refractivity contribution in [2.45, 2.75) is 18.9 Å². The average molecular weight is 337 g/mol. The van der Waals surface area contributed by atoms with Crippen LogP contribution in [-0.2, 0) is 16.0 Å². The third-order valence-electron chi connectivity index (χ3n) is 4.34. The molecule has 7 nitrogen and oxygen atoms in total. The van der Waals surface area contributed by atoms with E-state index in [2.05, 4.69) is 15.3 Å². The van der Waals surface area contributed by atoms with Crippen LogP contribution in [0.1, 0.15) is 22.8 Å². The predicted molar refractivity (Wildman–Crippen MR) is 91.5 cm³/mol. The van der Waals surface area contributed by atoms with E-state index in [9.17, 15) is 14.4 Å². The number of aromatic amines is 2. The Morgan fingerprint density at radius 1 is 1.12 bits per heavy atom. The van der Waals surface area contributed by atoms with Crippen molar-refractivity contribution in [1.29, 1.82) is 0 Å². The third-order valence-corrected chi connectivity index (χ3v) is 4.34. The zero-order valence-corrected chi connectivity index (χ0v) is 13.4. The van der Waals surface area contributed by atoms with E-state index in [0.717, 1.165) is 5.56 Å². The molecule has 0 aliphatic carbocycles. The molecule has 25 heavy (non-hydrogen) atoms. The van der Waals surface area contributed by atoms with Crippen molar-refractivity contribution in [1.82, 2.24) is 9.97 Å². The maximum atomic E-state index is 12.7. The summed E-state index contributed by atoms with van der Waals surface area (Å²) in [5.41, 5.74) is 1.38. The summed E-state index contributed by atoms with van der Waals surface area (Å²) in [7, 11) is 0. The molecule has 1 unspecified atom stereocenters. The Balaban J connectivity index is 1.61. The predicted octanol–water partition coefficient (Wildman–Crippen LogP) is 1.97. The first-order valence-corrected chi connectivity index (χ1v) is 7.79. The van der Waals surface area contributed by atoms with E-state index in [-0.39, 0.29) is 5.69 Å². The standard InChI is InChI=1S/C18H15N3O4/c1-18(9-10-4-2-3-5-12(10)15(22)25-18)16(23)19-11-6-7-13-14(8-11)21-17(24)20-13/h2-8H,9H2,1H3,(H,19,23)(H2,20,21,24). The Morgan fingerprint density at radius 2 is 1.88 bits per heavy atom. The van der Waals surface area contributed by atoms with Gasteiger partial charge in [0.1, 0.15) is 0 Å². The zero-order chi connectivity index (χ0) is 17.6. The fraction of sp³-hybridized carbons (Fsp3) is 0.167. The zero-order valence-electron chi connectivity index (χ0n) is 13.4. The van der Waals surface area contributed by atoms with Crippen LogP contribution in [0.5, 0.6) is 0 Å². The first-order chi connectivity index (χ1) is 11.9. The van der Waals surface area contributed by atoms with Crippen molar-refractivity contribution in [2.75, 3.05) is 5.32 Å². The van der Waals surface area contributed by atoms with Crippen LogP contribution in [0.25, 0.3) is 11.0 Å². The molecule has 0 bridgehead atoms. The highest BCUT2D eigenvalue weighted by Gasteiger charge is 2.42. The minimum Gasteiger partial charge on any atom is -0.445 e. The van der Waals surface area contributed by atoms with Gasteiger partial charge in [-0.25, -0.2) is 9.59 Å². The Hall–Kier alpha value is -3.35. The number of rotatable bonds is 2. The van der Waals surface area contributed by atoms with Crippen LogP contribution in [0.4, 0.5) is 5.69 Å². The van der Waals surface area contributed by atoms with Crippen LogP contribution in [0, 0.1) is 0 Å². The van der Waals surface area contributed by atoms with Crippen molar-refractivity contribution in [3.8, 4) is 0 Å². The van der Waals surface area contributed by atoms with Crippen LogP contribution in [0.15, 0.2) is 47.3 Å². The Kier molecular flexibility index (Phi) is 3.24. The van der Waals surface area contributed by atoms with Crippen molar-refractivity contribution < 1.29 is 14.3 Å². The molecule has 7 heteroatoms. The van der Waals surface area contributed by atoms with Crippen molar-refractivity contribution in [3.63, 3.8) is 0 Å². The second kappa shape index (κ2) is 5.34. The monoisotopic (exact) mass is 337 g/mol. The summed E-state index contributed by atoms with van der Waals surface area (Å²) in [4.78, 5) is 41.5. The number of nitrogens with one attached hydrogen (secondary N) is 3. The number of ether oxygens (including phenoxy) is 1. The number of carbonyl (C=O) groups is 2. The van der Waals surface area contributed by atoms with Crippen LogP contribution < -0.4 is 11.0 Å². The van der Waals surface area contributed by atoms with Gasteiger partial charge in [-0.2, -0.15) is 0 Å². The lowest BCUT2D eigenvalue weighted by atomic mass is 9.89. The van der Waals surface area contributed by atoms with Gasteiger partial charge in [0.05, 0.1) is 16.6 Å². The van der Waals surface area contributed by atoms with Crippen molar-refractivity contribution >= 4 is 28.6 Å². The van der Waals surface area contributed by atoms with Gasteiger partial charge in [-0.1, -0.05) is 18.2 Å². The lowest BCUT2D eigenvalue weighted by molar-refractivity contribution is -0.134. The van der Waals surface area contributed by atoms with Gasteiger partial charge in [0, 0.05) is 12.1 Å². The summed E-state index contributed by atoms with van der Waals surface area (Å²) in [6.45, 7) is 1.59. The minimum absolute atomic E-state index is 0.296. The molecule has 0 saturated heterocycles. The Bertz CT molecular complexity index is 1070. The molecule has 0 radical (unpaired) electrons. The molecular weight excluding hydrogens is 322 g/mol. The second-order valence-corrected chi connectivity index (χ2v) is 6.25. The van der Waals surface area contributed by atoms with E-state index < -0.39 is 17.5 Å². The number of hydrogen-bond acceptors (Lipinski definition) is 4. The molecule has 0 saturated carbocycles. The lowest BCUT2D eigenvalue weighted by Gasteiger charge is -2.33. The normalized spacial score (nSPS) is 19.3. The number of H-pyrrole nitrogens is 2. The quantitative estimate of drug-likeness (QED) is 0.622. The molecule has 4 rings (SSSR count). The van der Waals surface area contributed by atoms with E-state index >= 15 is 0 Å². The molecule has 1 amide bonds. The average Bonchev–Trinajstić information content (AvgIpc) is 2.94. The highest BCUT2D eigenvalue weighted by molar-refractivity contribution is 6.03. The minimum atomic E-state index is -1.30. The van der Waals surface area contributed by atoms with Gasteiger partial charge in [-0.15, -0.1) is 0 Å². The fourth-order valence-corrected chi connectivity index (χ4v) is 3.03. The van der Waals surface area contributed by atoms with Gasteiger partial charge < -0.3 is 20.0 Å². The molecule has 0 spiro atoms. The summed E-state index contributed by atoms with van der Waals surface area (Å²) in [6, 6.07) is 12.1. The van der Waals surface area contributed by atoms with Crippen molar-refractivity contribution in [3.05, 3.63) is 64.1 Å². The SMILES string of the molecule is CC1(C(=O)Nc2ccc3[nH]c(=O)[nH]c3c2)Cc2ccccc2C(=O)O1. The molecule has 1 aromatic heterocycles. The largest absolute Gasteiger partial charge is 0.445 e. The van der Waals surface area contributed by atoms with Gasteiger partial charge in [0.15, 0.2) is 5.60 Å². The summed E-state index contributed by atoms with van der Waals surface area (Å²) in [6.07, 6.45) is 0.296. The first-order valence-electron chi connectivity index (χ1n) is 7.79. The maximum absolute atomic E-state index is 12.7. The number of fused-ring (bicyclic) bond motifs is 2. The Labute approximate surface area is 142 Å². The Morgan fingerprint density at radius 3 is 2.72 bits per heavy atom. The molecule has 3 aromatic rings. The van der Waals surface area contributed by atoms with E-state index in [4.69, 9.17) is 4.74 Å². The number of imidazole rings is 1. The van der Waals surface area contributed by atoms with E-state index in [0.29, 0.717) is 28.7 Å². The first kappa shape index (κ1) is 15.2. The smallest absolute Gasteiger partial charge is 0.339 e. The summed E-state index contributed by atoms with van der Waals surface area (Å²) < 4.78 is 5.41. The number of benzene rings is 2. The number of amides is 1. The van der Waals surface area contributed by atoms with E-state index in [1.165, 1.54) is 0 Å². The molecule has 1 atom stereocenters. The van der Waals surface area contributed by atoms with Crippen molar-refractivity contribution in [2.24, 2.45) is 0 Å². The number of esters is 1. The molecule has 2 heterocycles. The number of carbonyl (C=O) groups excluding carboxylic acids is 2. The number of hydrogen-bond donors (Lipinski definition) is 3. The van der Waals surface area contributed by atoms with Crippen LogP contribution in [0.3, 0.4) is 0 Å². The van der Waals surface area contributed by atoms with Crippen LogP contribution >= 0.6 is 0 Å². The van der Waals surface area contributed by atoms with Gasteiger partial charge in [0.2, 0.25) is 0 Å². The fourth-order valence-electron chi connectivity index (χ4n) is 3.03. The van der Waals surface area contributed by atoms with Gasteiger partial charge in [-0.3, -0.25) is 4.79 Å². The molecule has 1 aliphatic rings. The number of cyclic esters (lactones) is 1. The molecule has 126 valence electrons. The third kappa shape index (κ3) is 2.59. The summed E-state index contributed by atoms with van der Waals surface area (Å²) >= 11 is 0. The van der Waals surface area contributed by atoms with Gasteiger partial charge >= 0.3 is 11.7 Å². The number of aromatic nitrogens is 2. The molecule has 3 N–H and O–H groups in total. The lowest BCUT2D eigenvalue weighted by Crippen LogP contribution is -2.48.